The normalized spacial score (nSPS) is 18.5. The number of aliphatic hydroxyl groups is 1. The highest BCUT2D eigenvalue weighted by Gasteiger charge is 2.41. The Kier molecular flexibility index (Phi) is 8.06. The van der Waals surface area contributed by atoms with E-state index in [1.807, 2.05) is 4.57 Å². The lowest BCUT2D eigenvalue weighted by Crippen LogP contribution is -2.32. The summed E-state index contributed by atoms with van der Waals surface area (Å²) in [6, 6.07) is 16.0. The molecule has 0 amide bonds. The third-order valence-electron chi connectivity index (χ3n) is 7.71. The number of fused-ring (bicyclic) bond motifs is 2. The van der Waals surface area contributed by atoms with Crippen molar-refractivity contribution in [2.45, 2.75) is 38.2 Å². The molecule has 0 aliphatic carbocycles. The summed E-state index contributed by atoms with van der Waals surface area (Å²) in [6.07, 6.45) is 3.20. The Labute approximate surface area is 256 Å². The Morgan fingerprint density at radius 1 is 1.07 bits per heavy atom. The zero-order valence-corrected chi connectivity index (χ0v) is 24.6. The number of aromatic nitrogens is 3. The number of imidazole rings is 1. The standard InChI is InChI=1S/C32H24ClF2N3O4.CH4O/c1-32(29-8-6-20(33)15-36-29)41-28-4-2-3-22(31(28)42-32)23-14-24(34)19(12-25(23)35)13-30-37-26-7-5-18(17-39)11-27(26)38(30)16-21-9-10-40-21;1-2/h2-8,11-12,14-15,17,21H,9-10,13,16H2,1H3;2H,1H3. The maximum Gasteiger partial charge on any atom is 0.292 e. The second-order valence-electron chi connectivity index (χ2n) is 10.5. The van der Waals surface area contributed by atoms with Gasteiger partial charge in [-0.1, -0.05) is 23.7 Å². The third-order valence-corrected chi connectivity index (χ3v) is 7.94. The van der Waals surface area contributed by atoms with Gasteiger partial charge in [0, 0.05) is 49.9 Å². The van der Waals surface area contributed by atoms with Gasteiger partial charge in [-0.25, -0.2) is 13.8 Å². The summed E-state index contributed by atoms with van der Waals surface area (Å²) >= 11 is 5.98. The number of aldehydes is 1. The number of para-hydroxylation sites is 1. The number of ether oxygens (including phenoxy) is 3. The van der Waals surface area contributed by atoms with Gasteiger partial charge in [-0.3, -0.25) is 9.78 Å². The van der Waals surface area contributed by atoms with Crippen LogP contribution in [-0.4, -0.2) is 45.7 Å². The van der Waals surface area contributed by atoms with E-state index in [4.69, 9.17) is 35.9 Å². The Bertz CT molecular complexity index is 1860. The van der Waals surface area contributed by atoms with Gasteiger partial charge in [0.15, 0.2) is 11.5 Å². The quantitative estimate of drug-likeness (QED) is 0.209. The first-order chi connectivity index (χ1) is 21.3. The number of carbonyl (C=O) groups is 1. The molecular formula is C33H28ClF2N3O5. The molecule has 7 rings (SSSR count). The van der Waals surface area contributed by atoms with Gasteiger partial charge in [0.1, 0.15) is 29.4 Å². The van der Waals surface area contributed by atoms with Crippen LogP contribution in [0.3, 0.4) is 0 Å². The summed E-state index contributed by atoms with van der Waals surface area (Å²) in [7, 11) is 1.00. The van der Waals surface area contributed by atoms with Gasteiger partial charge in [0.25, 0.3) is 5.79 Å². The van der Waals surface area contributed by atoms with E-state index >= 15 is 8.78 Å². The zero-order chi connectivity index (χ0) is 31.0. The van der Waals surface area contributed by atoms with Gasteiger partial charge < -0.3 is 23.9 Å². The van der Waals surface area contributed by atoms with Crippen molar-refractivity contribution in [1.29, 1.82) is 0 Å². The van der Waals surface area contributed by atoms with Gasteiger partial charge in [-0.05, 0) is 60.5 Å². The molecule has 3 aromatic carbocycles. The highest BCUT2D eigenvalue weighted by Crippen LogP contribution is 2.49. The van der Waals surface area contributed by atoms with Crippen molar-refractivity contribution in [2.75, 3.05) is 13.7 Å². The van der Waals surface area contributed by atoms with E-state index in [0.717, 1.165) is 25.3 Å². The fourth-order valence-corrected chi connectivity index (χ4v) is 5.53. The van der Waals surface area contributed by atoms with E-state index in [2.05, 4.69) is 4.98 Å². The number of rotatable bonds is 7. The van der Waals surface area contributed by atoms with Crippen LogP contribution in [0.5, 0.6) is 11.5 Å². The minimum Gasteiger partial charge on any atom is -0.443 e. The van der Waals surface area contributed by atoms with Crippen LogP contribution in [-0.2, 0) is 23.5 Å². The lowest BCUT2D eigenvalue weighted by molar-refractivity contribution is -0.0715. The Balaban J connectivity index is 0.00000168. The summed E-state index contributed by atoms with van der Waals surface area (Å²) in [5, 5.41) is 7.47. The maximum atomic E-state index is 15.7. The van der Waals surface area contributed by atoms with Crippen molar-refractivity contribution >= 4 is 28.9 Å². The molecule has 2 aliphatic rings. The lowest BCUT2D eigenvalue weighted by atomic mass is 10.00. The van der Waals surface area contributed by atoms with Crippen LogP contribution in [0.1, 0.15) is 40.8 Å². The van der Waals surface area contributed by atoms with E-state index < -0.39 is 17.4 Å². The molecule has 1 saturated heterocycles. The average Bonchev–Trinajstić information content (AvgIpc) is 3.54. The second-order valence-corrected chi connectivity index (χ2v) is 11.0. The van der Waals surface area contributed by atoms with Crippen LogP contribution in [0.15, 0.2) is 66.9 Å². The lowest BCUT2D eigenvalue weighted by Gasteiger charge is -2.27. The Hall–Kier alpha value is -4.38. The van der Waals surface area contributed by atoms with Crippen LogP contribution in [0.4, 0.5) is 8.78 Å². The summed E-state index contributed by atoms with van der Waals surface area (Å²) < 4.78 is 51.2. The number of aliphatic hydroxyl groups excluding tert-OH is 1. The number of nitrogens with zero attached hydrogens (tertiary/aromatic N) is 3. The zero-order valence-electron chi connectivity index (χ0n) is 23.9. The fraction of sp³-hybridized carbons (Fsp3) is 0.242. The number of halogens is 3. The number of benzene rings is 3. The molecule has 226 valence electrons. The molecule has 0 saturated carbocycles. The first-order valence-electron chi connectivity index (χ1n) is 13.9. The average molecular weight is 620 g/mol. The van der Waals surface area contributed by atoms with E-state index in [1.165, 1.54) is 18.3 Å². The fourth-order valence-electron chi connectivity index (χ4n) is 5.42. The van der Waals surface area contributed by atoms with Gasteiger partial charge in [0.05, 0.1) is 28.7 Å². The second kappa shape index (κ2) is 12.0. The highest BCUT2D eigenvalue weighted by molar-refractivity contribution is 6.30. The van der Waals surface area contributed by atoms with Gasteiger partial charge >= 0.3 is 0 Å². The summed E-state index contributed by atoms with van der Waals surface area (Å²) in [5.41, 5.74) is 2.95. The van der Waals surface area contributed by atoms with E-state index in [-0.39, 0.29) is 29.4 Å². The van der Waals surface area contributed by atoms with Crippen molar-refractivity contribution in [3.63, 3.8) is 0 Å². The Morgan fingerprint density at radius 3 is 2.59 bits per heavy atom. The minimum absolute atomic E-state index is 0.00106. The van der Waals surface area contributed by atoms with Crippen LogP contribution < -0.4 is 9.47 Å². The van der Waals surface area contributed by atoms with Crippen LogP contribution >= 0.6 is 11.6 Å². The molecule has 0 spiro atoms. The predicted molar refractivity (Wildman–Crippen MR) is 160 cm³/mol. The molecule has 5 aromatic rings. The van der Waals surface area contributed by atoms with Crippen molar-refractivity contribution < 1.29 is 32.9 Å². The van der Waals surface area contributed by atoms with Crippen molar-refractivity contribution in [3.8, 4) is 22.6 Å². The number of hydrogen-bond acceptors (Lipinski definition) is 7. The minimum atomic E-state index is -1.27. The molecule has 2 unspecified atom stereocenters. The monoisotopic (exact) mass is 619 g/mol. The van der Waals surface area contributed by atoms with Crippen molar-refractivity contribution in [3.05, 3.63) is 106 Å². The van der Waals surface area contributed by atoms with E-state index in [9.17, 15) is 4.79 Å². The molecule has 4 heterocycles. The van der Waals surface area contributed by atoms with Gasteiger partial charge in [0.2, 0.25) is 0 Å². The summed E-state index contributed by atoms with van der Waals surface area (Å²) in [6.45, 7) is 2.89. The topological polar surface area (TPSA) is 95.7 Å². The summed E-state index contributed by atoms with van der Waals surface area (Å²) in [5.74, 6) is -1.25. The van der Waals surface area contributed by atoms with E-state index in [0.29, 0.717) is 52.1 Å². The van der Waals surface area contributed by atoms with Gasteiger partial charge in [-0.2, -0.15) is 0 Å². The highest BCUT2D eigenvalue weighted by atomic mass is 35.5. The molecule has 2 atom stereocenters. The first kappa shape index (κ1) is 29.7. The molecular weight excluding hydrogens is 592 g/mol. The summed E-state index contributed by atoms with van der Waals surface area (Å²) in [4.78, 5) is 20.4. The van der Waals surface area contributed by atoms with Crippen LogP contribution in [0, 0.1) is 11.6 Å². The molecule has 1 fully saturated rings. The SMILES string of the molecule is CC1(c2ccc(Cl)cn2)Oc2cccc(-c3cc(F)c(Cc4nc5ccc(C=O)cc5n4CC4CCO4)cc3F)c2O1.CO. The maximum absolute atomic E-state index is 15.7. The van der Waals surface area contributed by atoms with E-state index in [1.54, 1.807) is 55.5 Å². The smallest absolute Gasteiger partial charge is 0.292 e. The Morgan fingerprint density at radius 2 is 1.89 bits per heavy atom. The first-order valence-corrected chi connectivity index (χ1v) is 14.3. The molecule has 11 heteroatoms. The van der Waals surface area contributed by atoms with Crippen molar-refractivity contribution in [1.82, 2.24) is 14.5 Å². The largest absolute Gasteiger partial charge is 0.443 e. The number of pyridine rings is 1. The molecule has 0 bridgehead atoms. The molecule has 8 nitrogen and oxygen atoms in total. The molecule has 0 radical (unpaired) electrons. The van der Waals surface area contributed by atoms with Crippen LogP contribution in [0.25, 0.3) is 22.2 Å². The predicted octanol–water partition coefficient (Wildman–Crippen LogP) is 6.47. The molecule has 2 aliphatic heterocycles. The third kappa shape index (κ3) is 5.40. The number of hydrogen-bond donors (Lipinski definition) is 1. The molecule has 44 heavy (non-hydrogen) atoms. The van der Waals surface area contributed by atoms with Gasteiger partial charge in [-0.15, -0.1) is 0 Å². The van der Waals surface area contributed by atoms with Crippen molar-refractivity contribution in [2.24, 2.45) is 0 Å². The number of carbonyl (C=O) groups excluding carboxylic acids is 1. The van der Waals surface area contributed by atoms with Crippen LogP contribution in [0.2, 0.25) is 5.02 Å². The molecule has 1 N–H and O–H groups in total. The molecule has 2 aromatic heterocycles.